The normalized spacial score (nSPS) is 16.6. The molecule has 28 heavy (non-hydrogen) atoms. The highest BCUT2D eigenvalue weighted by atomic mass is 16.5. The Labute approximate surface area is 164 Å². The lowest BCUT2D eigenvalue weighted by molar-refractivity contribution is 0.0714. The van der Waals surface area contributed by atoms with Crippen LogP contribution in [0, 0.1) is 0 Å². The molecule has 0 unspecified atom stereocenters. The first-order valence-corrected chi connectivity index (χ1v) is 9.38. The van der Waals surface area contributed by atoms with Crippen LogP contribution in [0.1, 0.15) is 23.2 Å². The van der Waals surface area contributed by atoms with Crippen molar-refractivity contribution in [2.45, 2.75) is 18.9 Å². The zero-order valence-corrected chi connectivity index (χ0v) is 15.8. The molecule has 7 nitrogen and oxygen atoms in total. The number of benzene rings is 2. The van der Waals surface area contributed by atoms with E-state index in [1.165, 1.54) is 6.33 Å². The Balaban J connectivity index is 1.48. The Morgan fingerprint density at radius 2 is 2.00 bits per heavy atom. The second-order valence-corrected chi connectivity index (χ2v) is 6.82. The lowest BCUT2D eigenvalue weighted by atomic mass is 10.0. The van der Waals surface area contributed by atoms with Crippen molar-refractivity contribution in [2.75, 3.05) is 25.5 Å². The number of carbonyl (C=O) groups is 1. The third kappa shape index (κ3) is 3.83. The van der Waals surface area contributed by atoms with Crippen LogP contribution >= 0.6 is 0 Å². The molecule has 0 aliphatic carbocycles. The molecule has 1 saturated heterocycles. The maximum atomic E-state index is 13.2. The van der Waals surface area contributed by atoms with Crippen LogP contribution in [0.5, 0.6) is 5.75 Å². The predicted octanol–water partition coefficient (Wildman–Crippen LogP) is 2.99. The molecule has 144 valence electrons. The summed E-state index contributed by atoms with van der Waals surface area (Å²) in [6.45, 7) is 1.42. The van der Waals surface area contributed by atoms with Crippen LogP contribution < -0.4 is 10.1 Å². The summed E-state index contributed by atoms with van der Waals surface area (Å²) < 4.78 is 6.84. The van der Waals surface area contributed by atoms with E-state index in [-0.39, 0.29) is 11.9 Å². The van der Waals surface area contributed by atoms with E-state index < -0.39 is 0 Å². The van der Waals surface area contributed by atoms with Gasteiger partial charge in [0.05, 0.1) is 18.4 Å². The van der Waals surface area contributed by atoms with Crippen LogP contribution in [0.4, 0.5) is 5.69 Å². The Kier molecular flexibility index (Phi) is 5.23. The molecule has 0 saturated carbocycles. The van der Waals surface area contributed by atoms with E-state index in [2.05, 4.69) is 15.4 Å². The van der Waals surface area contributed by atoms with Gasteiger partial charge in [-0.15, -0.1) is 0 Å². The fraction of sp³-hybridized carbons (Fsp3) is 0.286. The molecule has 1 aliphatic rings. The number of ether oxygens (including phenoxy) is 1. The van der Waals surface area contributed by atoms with Gasteiger partial charge in [-0.2, -0.15) is 5.10 Å². The highest BCUT2D eigenvalue weighted by Crippen LogP contribution is 2.22. The number of nitrogens with zero attached hydrogens (tertiary/aromatic N) is 4. The molecule has 0 spiro atoms. The molecule has 3 aromatic rings. The number of hydrogen-bond acceptors (Lipinski definition) is 5. The van der Waals surface area contributed by atoms with Gasteiger partial charge in [-0.1, -0.05) is 12.1 Å². The van der Waals surface area contributed by atoms with E-state index in [1.54, 1.807) is 18.1 Å². The smallest absolute Gasteiger partial charge is 0.256 e. The number of anilines is 1. The van der Waals surface area contributed by atoms with Crippen LogP contribution in [0.3, 0.4) is 0 Å². The Morgan fingerprint density at radius 3 is 2.75 bits per heavy atom. The van der Waals surface area contributed by atoms with Gasteiger partial charge in [0.2, 0.25) is 0 Å². The Morgan fingerprint density at radius 1 is 1.18 bits per heavy atom. The highest BCUT2D eigenvalue weighted by molar-refractivity contribution is 5.97. The molecule has 7 heteroatoms. The first-order valence-electron chi connectivity index (χ1n) is 9.38. The maximum Gasteiger partial charge on any atom is 0.256 e. The van der Waals surface area contributed by atoms with E-state index in [9.17, 15) is 4.79 Å². The molecular formula is C21H23N5O2. The standard InChI is InChI=1S/C21H23N5O2/c1-28-18-10-8-16(9-11-18)24-17-5-4-12-25(13-17)21(27)19-6-2-3-7-20(19)26-15-22-14-23-26/h2-3,6-11,14-15,17,24H,4-5,12-13H2,1H3/t17-/m1/s1. The van der Waals surface area contributed by atoms with Crippen molar-refractivity contribution in [3.63, 3.8) is 0 Å². The van der Waals surface area contributed by atoms with E-state index in [0.29, 0.717) is 12.1 Å². The van der Waals surface area contributed by atoms with Gasteiger partial charge in [-0.25, -0.2) is 9.67 Å². The number of aromatic nitrogens is 3. The SMILES string of the molecule is COc1ccc(N[C@@H]2CCCN(C(=O)c3ccccc3-n3cncn3)C2)cc1. The number of hydrogen-bond donors (Lipinski definition) is 1. The Hall–Kier alpha value is -3.35. The molecule has 1 N–H and O–H groups in total. The molecule has 1 aromatic heterocycles. The monoisotopic (exact) mass is 377 g/mol. The largest absolute Gasteiger partial charge is 0.497 e. The van der Waals surface area contributed by atoms with Crippen LogP contribution in [-0.2, 0) is 0 Å². The summed E-state index contributed by atoms with van der Waals surface area (Å²) in [4.78, 5) is 19.1. The number of para-hydroxylation sites is 1. The van der Waals surface area contributed by atoms with Gasteiger partial charge >= 0.3 is 0 Å². The lowest BCUT2D eigenvalue weighted by Gasteiger charge is -2.34. The molecule has 0 bridgehead atoms. The first-order chi connectivity index (χ1) is 13.7. The van der Waals surface area contributed by atoms with Crippen molar-refractivity contribution in [1.29, 1.82) is 0 Å². The van der Waals surface area contributed by atoms with E-state index in [1.807, 2.05) is 53.4 Å². The summed E-state index contributed by atoms with van der Waals surface area (Å²) in [5.74, 6) is 0.850. The van der Waals surface area contributed by atoms with Gasteiger partial charge in [0.25, 0.3) is 5.91 Å². The van der Waals surface area contributed by atoms with E-state index in [4.69, 9.17) is 4.74 Å². The van der Waals surface area contributed by atoms with Gasteiger partial charge in [0.15, 0.2) is 0 Å². The molecule has 1 atom stereocenters. The van der Waals surface area contributed by atoms with Crippen LogP contribution in [-0.4, -0.2) is 51.8 Å². The minimum atomic E-state index is 0.0207. The molecule has 2 aromatic carbocycles. The zero-order valence-electron chi connectivity index (χ0n) is 15.8. The second kappa shape index (κ2) is 8.12. The molecule has 1 fully saturated rings. The quantitative estimate of drug-likeness (QED) is 0.740. The fourth-order valence-electron chi connectivity index (χ4n) is 3.56. The predicted molar refractivity (Wildman–Crippen MR) is 107 cm³/mol. The minimum absolute atomic E-state index is 0.0207. The van der Waals surface area contributed by atoms with Crippen molar-refractivity contribution in [2.24, 2.45) is 0 Å². The van der Waals surface area contributed by atoms with Crippen molar-refractivity contribution in [1.82, 2.24) is 19.7 Å². The van der Waals surface area contributed by atoms with Gasteiger partial charge in [0, 0.05) is 24.8 Å². The number of carbonyl (C=O) groups excluding carboxylic acids is 1. The molecule has 1 amide bonds. The number of rotatable bonds is 5. The van der Waals surface area contributed by atoms with Gasteiger partial charge in [0.1, 0.15) is 18.4 Å². The third-order valence-electron chi connectivity index (χ3n) is 4.97. The number of likely N-dealkylation sites (tertiary alicyclic amines) is 1. The van der Waals surface area contributed by atoms with E-state index >= 15 is 0 Å². The van der Waals surface area contributed by atoms with Crippen molar-refractivity contribution in [3.05, 3.63) is 66.7 Å². The van der Waals surface area contributed by atoms with Gasteiger partial charge in [-0.3, -0.25) is 4.79 Å². The summed E-state index contributed by atoms with van der Waals surface area (Å²) in [5, 5.41) is 7.71. The summed E-state index contributed by atoms with van der Waals surface area (Å²) in [6, 6.07) is 15.6. The topological polar surface area (TPSA) is 72.3 Å². The number of amides is 1. The summed E-state index contributed by atoms with van der Waals surface area (Å²) in [6.07, 6.45) is 5.07. The molecule has 2 heterocycles. The van der Waals surface area contributed by atoms with Crippen molar-refractivity contribution < 1.29 is 9.53 Å². The lowest BCUT2D eigenvalue weighted by Crippen LogP contribution is -2.45. The maximum absolute atomic E-state index is 13.2. The van der Waals surface area contributed by atoms with Crippen LogP contribution in [0.25, 0.3) is 5.69 Å². The second-order valence-electron chi connectivity index (χ2n) is 6.82. The minimum Gasteiger partial charge on any atom is -0.497 e. The van der Waals surface area contributed by atoms with Crippen molar-refractivity contribution >= 4 is 11.6 Å². The van der Waals surface area contributed by atoms with Crippen LogP contribution in [0.15, 0.2) is 61.2 Å². The average Bonchev–Trinajstić information content (AvgIpc) is 3.29. The average molecular weight is 377 g/mol. The molecular weight excluding hydrogens is 354 g/mol. The van der Waals surface area contributed by atoms with Gasteiger partial charge in [-0.05, 0) is 49.2 Å². The van der Waals surface area contributed by atoms with Crippen LogP contribution in [0.2, 0.25) is 0 Å². The number of nitrogens with one attached hydrogen (secondary N) is 1. The zero-order chi connectivity index (χ0) is 19.3. The highest BCUT2D eigenvalue weighted by Gasteiger charge is 2.26. The molecule has 4 rings (SSSR count). The van der Waals surface area contributed by atoms with Crippen molar-refractivity contribution in [3.8, 4) is 11.4 Å². The summed E-state index contributed by atoms with van der Waals surface area (Å²) in [7, 11) is 1.66. The number of piperidine rings is 1. The fourth-order valence-corrected chi connectivity index (χ4v) is 3.56. The van der Waals surface area contributed by atoms with E-state index in [0.717, 1.165) is 36.5 Å². The Bertz CT molecular complexity index is 924. The van der Waals surface area contributed by atoms with Gasteiger partial charge < -0.3 is 15.0 Å². The number of methoxy groups -OCH3 is 1. The first kappa shape index (κ1) is 18.0. The molecule has 1 aliphatic heterocycles. The summed E-state index contributed by atoms with van der Waals surface area (Å²) in [5.41, 5.74) is 2.41. The third-order valence-corrected chi connectivity index (χ3v) is 4.97. The summed E-state index contributed by atoms with van der Waals surface area (Å²) >= 11 is 0. The molecule has 0 radical (unpaired) electrons.